The lowest BCUT2D eigenvalue weighted by Crippen LogP contribution is -2.55. The fraction of sp³-hybridized carbons (Fsp3) is 0.625. The van der Waals surface area contributed by atoms with E-state index in [9.17, 15) is 14.9 Å². The summed E-state index contributed by atoms with van der Waals surface area (Å²) in [5, 5.41) is 10.9. The first-order valence-electron chi connectivity index (χ1n) is 8.26. The highest BCUT2D eigenvalue weighted by Gasteiger charge is 2.35. The Morgan fingerprint density at radius 1 is 1.44 bits per heavy atom. The molecular weight excluding hydrogens is 328 g/mol. The molecule has 0 aromatic carbocycles. The molecule has 1 amide bonds. The molecule has 0 N–H and O–H groups in total. The maximum Gasteiger partial charge on any atom is 0.410 e. The SMILES string of the molecule is CC(C)(C)OC(=O)N1CCN2c3ncc([N+](=O)[O-])cc3OCC[C@H]2C1. The molecule has 1 saturated heterocycles. The third-order valence-corrected chi connectivity index (χ3v) is 4.14. The number of rotatable bonds is 1. The topological polar surface area (TPSA) is 98.0 Å². The third-order valence-electron chi connectivity index (χ3n) is 4.14. The number of pyridine rings is 1. The van der Waals surface area contributed by atoms with Gasteiger partial charge in [0.2, 0.25) is 0 Å². The Morgan fingerprint density at radius 2 is 2.20 bits per heavy atom. The molecule has 0 unspecified atom stereocenters. The Balaban J connectivity index is 1.77. The van der Waals surface area contributed by atoms with Crippen LogP contribution in [0.15, 0.2) is 12.3 Å². The van der Waals surface area contributed by atoms with Crippen molar-refractivity contribution in [2.45, 2.75) is 38.8 Å². The van der Waals surface area contributed by atoms with Crippen molar-refractivity contribution >= 4 is 17.6 Å². The van der Waals surface area contributed by atoms with Gasteiger partial charge in [0.05, 0.1) is 23.6 Å². The van der Waals surface area contributed by atoms with Gasteiger partial charge in [-0.15, -0.1) is 0 Å². The van der Waals surface area contributed by atoms with Gasteiger partial charge in [-0.2, -0.15) is 0 Å². The molecule has 9 heteroatoms. The van der Waals surface area contributed by atoms with Gasteiger partial charge in [-0.1, -0.05) is 0 Å². The molecule has 0 spiro atoms. The molecule has 0 aliphatic carbocycles. The van der Waals surface area contributed by atoms with E-state index in [2.05, 4.69) is 9.88 Å². The van der Waals surface area contributed by atoms with Gasteiger partial charge in [0.25, 0.3) is 5.69 Å². The zero-order valence-corrected chi connectivity index (χ0v) is 14.6. The van der Waals surface area contributed by atoms with Crippen LogP contribution in [0.1, 0.15) is 27.2 Å². The molecule has 1 atom stereocenters. The van der Waals surface area contributed by atoms with Crippen molar-refractivity contribution in [1.82, 2.24) is 9.88 Å². The maximum absolute atomic E-state index is 12.3. The summed E-state index contributed by atoms with van der Waals surface area (Å²) in [6, 6.07) is 1.45. The van der Waals surface area contributed by atoms with E-state index in [4.69, 9.17) is 9.47 Å². The fourth-order valence-electron chi connectivity index (χ4n) is 3.03. The van der Waals surface area contributed by atoms with Gasteiger partial charge >= 0.3 is 6.09 Å². The van der Waals surface area contributed by atoms with Crippen LogP contribution in [0.5, 0.6) is 5.75 Å². The number of fused-ring (bicyclic) bond motifs is 3. The highest BCUT2D eigenvalue weighted by Crippen LogP contribution is 2.35. The summed E-state index contributed by atoms with van der Waals surface area (Å²) in [7, 11) is 0. The normalized spacial score (nSPS) is 20.0. The smallest absolute Gasteiger partial charge is 0.410 e. The van der Waals surface area contributed by atoms with Gasteiger partial charge in [0.1, 0.15) is 11.8 Å². The van der Waals surface area contributed by atoms with Crippen LogP contribution >= 0.6 is 0 Å². The van der Waals surface area contributed by atoms with Crippen molar-refractivity contribution in [2.75, 3.05) is 31.1 Å². The van der Waals surface area contributed by atoms with Crippen molar-refractivity contribution in [2.24, 2.45) is 0 Å². The quantitative estimate of drug-likeness (QED) is 0.565. The Labute approximate surface area is 145 Å². The van der Waals surface area contributed by atoms with E-state index in [0.29, 0.717) is 44.2 Å². The molecule has 1 aromatic rings. The van der Waals surface area contributed by atoms with E-state index in [1.807, 2.05) is 20.8 Å². The lowest BCUT2D eigenvalue weighted by Gasteiger charge is -2.41. The second-order valence-electron chi connectivity index (χ2n) is 7.18. The highest BCUT2D eigenvalue weighted by atomic mass is 16.6. The van der Waals surface area contributed by atoms with Crippen molar-refractivity contribution in [3.05, 3.63) is 22.4 Å². The summed E-state index contributed by atoms with van der Waals surface area (Å²) in [5.41, 5.74) is -0.627. The minimum atomic E-state index is -0.534. The number of hydrogen-bond donors (Lipinski definition) is 0. The predicted octanol–water partition coefficient (Wildman–Crippen LogP) is 2.20. The number of anilines is 1. The summed E-state index contributed by atoms with van der Waals surface area (Å²) >= 11 is 0. The number of hydrogen-bond acceptors (Lipinski definition) is 7. The minimum absolute atomic E-state index is 0.0384. The zero-order valence-electron chi connectivity index (χ0n) is 14.6. The molecule has 1 aromatic heterocycles. The number of piperazine rings is 1. The summed E-state index contributed by atoms with van der Waals surface area (Å²) in [5.74, 6) is 1.01. The van der Waals surface area contributed by atoms with Gasteiger partial charge in [-0.05, 0) is 20.8 Å². The van der Waals surface area contributed by atoms with Gasteiger partial charge in [-0.3, -0.25) is 10.1 Å². The van der Waals surface area contributed by atoms with Crippen LogP contribution in [-0.4, -0.2) is 58.8 Å². The van der Waals surface area contributed by atoms with E-state index in [-0.39, 0.29) is 17.8 Å². The van der Waals surface area contributed by atoms with Crippen LogP contribution in [0.4, 0.5) is 16.3 Å². The minimum Gasteiger partial charge on any atom is -0.489 e. The molecule has 0 bridgehead atoms. The number of amides is 1. The van der Waals surface area contributed by atoms with Gasteiger partial charge < -0.3 is 19.3 Å². The average Bonchev–Trinajstić information content (AvgIpc) is 2.71. The molecule has 0 saturated carbocycles. The van der Waals surface area contributed by atoms with Crippen molar-refractivity contribution in [3.8, 4) is 5.75 Å². The first kappa shape index (κ1) is 17.2. The first-order valence-corrected chi connectivity index (χ1v) is 8.26. The fourth-order valence-corrected chi connectivity index (χ4v) is 3.03. The third kappa shape index (κ3) is 3.75. The van der Waals surface area contributed by atoms with E-state index >= 15 is 0 Å². The molecule has 0 radical (unpaired) electrons. The summed E-state index contributed by atoms with van der Waals surface area (Å²) in [4.78, 5) is 30.7. The summed E-state index contributed by atoms with van der Waals surface area (Å²) < 4.78 is 11.1. The molecule has 2 aliphatic rings. The number of nitro groups is 1. The molecule has 2 aliphatic heterocycles. The standard InChI is InChI=1S/C16H22N4O5/c1-16(2,3)25-15(21)18-5-6-19-11(10-18)4-7-24-13-8-12(20(22)23)9-17-14(13)19/h8-9,11H,4-7,10H2,1-3H3/t11-/m0/s1. The van der Waals surface area contributed by atoms with Crippen molar-refractivity contribution in [1.29, 1.82) is 0 Å². The predicted molar refractivity (Wildman–Crippen MR) is 89.9 cm³/mol. The van der Waals surface area contributed by atoms with Crippen molar-refractivity contribution in [3.63, 3.8) is 0 Å². The van der Waals surface area contributed by atoms with Crippen LogP contribution in [0, 0.1) is 10.1 Å². The molecule has 25 heavy (non-hydrogen) atoms. The van der Waals surface area contributed by atoms with Crippen LogP contribution < -0.4 is 9.64 Å². The lowest BCUT2D eigenvalue weighted by atomic mass is 10.1. The second kappa shape index (κ2) is 6.38. The molecular formula is C16H22N4O5. The molecule has 3 rings (SSSR count). The maximum atomic E-state index is 12.3. The molecule has 1 fully saturated rings. The zero-order chi connectivity index (χ0) is 18.2. The lowest BCUT2D eigenvalue weighted by molar-refractivity contribution is -0.385. The number of carbonyl (C=O) groups excluding carboxylic acids is 1. The highest BCUT2D eigenvalue weighted by molar-refractivity contribution is 5.69. The summed E-state index contributed by atoms with van der Waals surface area (Å²) in [6.07, 6.45) is 1.61. The van der Waals surface area contributed by atoms with Gasteiger partial charge in [-0.25, -0.2) is 9.78 Å². The van der Waals surface area contributed by atoms with Crippen molar-refractivity contribution < 1.29 is 19.2 Å². The largest absolute Gasteiger partial charge is 0.489 e. The second-order valence-corrected chi connectivity index (χ2v) is 7.18. The molecule has 3 heterocycles. The Kier molecular flexibility index (Phi) is 4.40. The van der Waals surface area contributed by atoms with E-state index in [1.54, 1.807) is 4.90 Å². The number of ether oxygens (including phenoxy) is 2. The number of aromatic nitrogens is 1. The average molecular weight is 350 g/mol. The van der Waals surface area contributed by atoms with Gasteiger partial charge in [0, 0.05) is 26.1 Å². The van der Waals surface area contributed by atoms with E-state index in [0.717, 1.165) is 0 Å². The van der Waals surface area contributed by atoms with Crippen LogP contribution in [0.3, 0.4) is 0 Å². The van der Waals surface area contributed by atoms with Crippen LogP contribution in [0.25, 0.3) is 0 Å². The monoisotopic (exact) mass is 350 g/mol. The van der Waals surface area contributed by atoms with Gasteiger partial charge in [0.15, 0.2) is 11.6 Å². The molecule has 9 nitrogen and oxygen atoms in total. The number of carbonyl (C=O) groups is 1. The Bertz CT molecular complexity index is 688. The van der Waals surface area contributed by atoms with Crippen LogP contribution in [0.2, 0.25) is 0 Å². The van der Waals surface area contributed by atoms with E-state index in [1.165, 1.54) is 12.3 Å². The van der Waals surface area contributed by atoms with E-state index < -0.39 is 10.5 Å². The molecule has 136 valence electrons. The Hall–Kier alpha value is -2.58. The Morgan fingerprint density at radius 3 is 2.88 bits per heavy atom. The number of nitrogens with zero attached hydrogens (tertiary/aromatic N) is 4. The summed E-state index contributed by atoms with van der Waals surface area (Å²) in [6.45, 7) is 7.53. The van der Waals surface area contributed by atoms with Crippen LogP contribution in [-0.2, 0) is 4.74 Å². The first-order chi connectivity index (χ1) is 11.7.